The minimum Gasteiger partial charge on any atom is -0.508 e. The lowest BCUT2D eigenvalue weighted by atomic mass is 10.1. The predicted molar refractivity (Wildman–Crippen MR) is 110 cm³/mol. The zero-order chi connectivity index (χ0) is 20.1. The maximum Gasteiger partial charge on any atom is 0.335 e. The average molecular weight is 379 g/mol. The van der Waals surface area contributed by atoms with Crippen LogP contribution in [0.3, 0.4) is 0 Å². The van der Waals surface area contributed by atoms with E-state index in [1.54, 1.807) is 24.3 Å². The molecule has 0 amide bonds. The van der Waals surface area contributed by atoms with Gasteiger partial charge in [0.25, 0.3) is 0 Å². The number of rotatable bonds is 8. The first-order valence-electron chi connectivity index (χ1n) is 9.40. The van der Waals surface area contributed by atoms with Crippen LogP contribution in [0.15, 0.2) is 60.7 Å². The molecule has 0 radical (unpaired) electrons. The SMILES string of the molecule is CC(C)OCCCn1c(-c2ccc(O)cc2)ccc1-c1ccc(C(=O)O)cc1. The Morgan fingerprint density at radius 3 is 1.96 bits per heavy atom. The summed E-state index contributed by atoms with van der Waals surface area (Å²) in [6.45, 7) is 5.48. The number of aromatic hydroxyl groups is 1. The van der Waals surface area contributed by atoms with Gasteiger partial charge in [-0.05, 0) is 79.9 Å². The third-order valence-electron chi connectivity index (χ3n) is 4.55. The van der Waals surface area contributed by atoms with Gasteiger partial charge < -0.3 is 19.5 Å². The summed E-state index contributed by atoms with van der Waals surface area (Å²) >= 11 is 0. The summed E-state index contributed by atoms with van der Waals surface area (Å²) in [5.74, 6) is -0.700. The number of benzene rings is 2. The molecule has 3 aromatic rings. The highest BCUT2D eigenvalue weighted by Crippen LogP contribution is 2.30. The van der Waals surface area contributed by atoms with Crippen molar-refractivity contribution in [2.45, 2.75) is 32.9 Å². The number of aromatic nitrogens is 1. The van der Waals surface area contributed by atoms with Gasteiger partial charge in [0.05, 0.1) is 11.7 Å². The van der Waals surface area contributed by atoms with E-state index >= 15 is 0 Å². The van der Waals surface area contributed by atoms with Crippen LogP contribution in [0, 0.1) is 0 Å². The van der Waals surface area contributed by atoms with Gasteiger partial charge in [0.2, 0.25) is 0 Å². The Morgan fingerprint density at radius 1 is 0.929 bits per heavy atom. The zero-order valence-corrected chi connectivity index (χ0v) is 16.1. The molecule has 0 atom stereocenters. The van der Waals surface area contributed by atoms with Crippen molar-refractivity contribution < 1.29 is 19.7 Å². The van der Waals surface area contributed by atoms with Crippen molar-refractivity contribution in [1.82, 2.24) is 4.57 Å². The van der Waals surface area contributed by atoms with E-state index in [4.69, 9.17) is 9.84 Å². The Kier molecular flexibility index (Phi) is 6.16. The van der Waals surface area contributed by atoms with E-state index in [9.17, 15) is 9.90 Å². The first-order valence-corrected chi connectivity index (χ1v) is 9.40. The Morgan fingerprint density at radius 2 is 1.46 bits per heavy atom. The zero-order valence-electron chi connectivity index (χ0n) is 16.1. The second-order valence-electron chi connectivity index (χ2n) is 6.96. The second kappa shape index (κ2) is 8.76. The van der Waals surface area contributed by atoms with Crippen molar-refractivity contribution in [2.75, 3.05) is 6.61 Å². The van der Waals surface area contributed by atoms with Gasteiger partial charge in [0.15, 0.2) is 0 Å². The Labute approximate surface area is 164 Å². The minimum atomic E-state index is -0.933. The lowest BCUT2D eigenvalue weighted by Crippen LogP contribution is -2.09. The molecule has 0 spiro atoms. The Bertz CT molecular complexity index is 924. The summed E-state index contributed by atoms with van der Waals surface area (Å²) < 4.78 is 7.89. The maximum absolute atomic E-state index is 11.1. The third-order valence-corrected chi connectivity index (χ3v) is 4.55. The van der Waals surface area contributed by atoms with E-state index in [1.807, 2.05) is 44.2 Å². The first-order chi connectivity index (χ1) is 13.5. The van der Waals surface area contributed by atoms with Crippen molar-refractivity contribution in [3.8, 4) is 28.3 Å². The molecule has 0 saturated carbocycles. The minimum absolute atomic E-state index is 0.198. The molecule has 28 heavy (non-hydrogen) atoms. The molecule has 0 fully saturated rings. The normalized spacial score (nSPS) is 11.1. The van der Waals surface area contributed by atoms with Crippen LogP contribution < -0.4 is 0 Å². The first kappa shape index (κ1) is 19.7. The number of hydrogen-bond acceptors (Lipinski definition) is 3. The van der Waals surface area contributed by atoms with Crippen molar-refractivity contribution in [2.24, 2.45) is 0 Å². The fourth-order valence-electron chi connectivity index (χ4n) is 3.17. The van der Waals surface area contributed by atoms with Gasteiger partial charge >= 0.3 is 5.97 Å². The molecule has 1 aromatic heterocycles. The summed E-state index contributed by atoms with van der Waals surface area (Å²) in [4.78, 5) is 11.1. The monoisotopic (exact) mass is 379 g/mol. The van der Waals surface area contributed by atoms with Crippen LogP contribution in [0.5, 0.6) is 5.75 Å². The van der Waals surface area contributed by atoms with E-state index in [0.717, 1.165) is 35.5 Å². The van der Waals surface area contributed by atoms with Crippen LogP contribution in [-0.2, 0) is 11.3 Å². The van der Waals surface area contributed by atoms with Gasteiger partial charge in [0, 0.05) is 24.5 Å². The van der Waals surface area contributed by atoms with Crippen molar-refractivity contribution >= 4 is 5.97 Å². The van der Waals surface area contributed by atoms with Crippen LogP contribution in [0.1, 0.15) is 30.6 Å². The van der Waals surface area contributed by atoms with Crippen molar-refractivity contribution in [1.29, 1.82) is 0 Å². The largest absolute Gasteiger partial charge is 0.508 e. The van der Waals surface area contributed by atoms with Gasteiger partial charge in [-0.1, -0.05) is 12.1 Å². The predicted octanol–water partition coefficient (Wildman–Crippen LogP) is 5.04. The van der Waals surface area contributed by atoms with Gasteiger partial charge in [-0.3, -0.25) is 0 Å². The van der Waals surface area contributed by atoms with E-state index in [-0.39, 0.29) is 17.4 Å². The van der Waals surface area contributed by atoms with E-state index in [2.05, 4.69) is 10.6 Å². The van der Waals surface area contributed by atoms with Crippen molar-refractivity contribution in [3.05, 3.63) is 66.2 Å². The molecule has 3 rings (SSSR count). The molecular weight excluding hydrogens is 354 g/mol. The highest BCUT2D eigenvalue weighted by molar-refractivity contribution is 5.88. The molecule has 1 heterocycles. The highest BCUT2D eigenvalue weighted by Gasteiger charge is 2.13. The molecule has 2 aromatic carbocycles. The second-order valence-corrected chi connectivity index (χ2v) is 6.96. The maximum atomic E-state index is 11.1. The molecule has 0 saturated heterocycles. The quantitative estimate of drug-likeness (QED) is 0.538. The van der Waals surface area contributed by atoms with Crippen LogP contribution in [0.4, 0.5) is 0 Å². The summed E-state index contributed by atoms with van der Waals surface area (Å²) in [5, 5.41) is 18.7. The van der Waals surface area contributed by atoms with Gasteiger partial charge in [-0.25, -0.2) is 4.79 Å². The fourth-order valence-corrected chi connectivity index (χ4v) is 3.17. The van der Waals surface area contributed by atoms with Crippen LogP contribution >= 0.6 is 0 Å². The van der Waals surface area contributed by atoms with Crippen LogP contribution in [-0.4, -0.2) is 33.5 Å². The molecular formula is C23H25NO4. The number of nitrogens with zero attached hydrogens (tertiary/aromatic N) is 1. The van der Waals surface area contributed by atoms with E-state index in [1.165, 1.54) is 0 Å². The smallest absolute Gasteiger partial charge is 0.335 e. The molecule has 0 aliphatic carbocycles. The molecule has 0 aliphatic rings. The number of phenolic OH excluding ortho intramolecular Hbond substituents is 1. The van der Waals surface area contributed by atoms with E-state index in [0.29, 0.717) is 6.61 Å². The van der Waals surface area contributed by atoms with Crippen LogP contribution in [0.25, 0.3) is 22.5 Å². The van der Waals surface area contributed by atoms with Gasteiger partial charge in [-0.2, -0.15) is 0 Å². The third kappa shape index (κ3) is 4.61. The number of phenols is 1. The molecule has 2 N–H and O–H groups in total. The highest BCUT2D eigenvalue weighted by atomic mass is 16.5. The molecule has 0 unspecified atom stereocenters. The standard InChI is InChI=1S/C23H25NO4/c1-16(2)28-15-3-14-24-21(17-4-6-19(7-5-17)23(26)27)12-13-22(24)18-8-10-20(25)11-9-18/h4-13,16,25H,3,14-15H2,1-2H3,(H,26,27). The molecule has 5 nitrogen and oxygen atoms in total. The average Bonchev–Trinajstić information content (AvgIpc) is 3.09. The van der Waals surface area contributed by atoms with Crippen LogP contribution in [0.2, 0.25) is 0 Å². The number of ether oxygens (including phenoxy) is 1. The van der Waals surface area contributed by atoms with Crippen molar-refractivity contribution in [3.63, 3.8) is 0 Å². The van der Waals surface area contributed by atoms with Gasteiger partial charge in [0.1, 0.15) is 5.75 Å². The topological polar surface area (TPSA) is 71.7 Å². The molecule has 146 valence electrons. The lowest BCUT2D eigenvalue weighted by Gasteiger charge is -2.15. The Hall–Kier alpha value is -3.05. The number of aromatic carboxylic acids is 1. The summed E-state index contributed by atoms with van der Waals surface area (Å²) in [5.41, 5.74) is 4.30. The molecule has 0 aliphatic heterocycles. The number of hydrogen-bond donors (Lipinski definition) is 2. The van der Waals surface area contributed by atoms with Gasteiger partial charge in [-0.15, -0.1) is 0 Å². The fraction of sp³-hybridized carbons (Fsp3) is 0.261. The Balaban J connectivity index is 1.94. The summed E-state index contributed by atoms with van der Waals surface area (Å²) in [6, 6.07) is 18.1. The lowest BCUT2D eigenvalue weighted by molar-refractivity contribution is 0.0696. The molecule has 0 bridgehead atoms. The summed E-state index contributed by atoms with van der Waals surface area (Å²) in [7, 11) is 0. The molecule has 5 heteroatoms. The number of carboxylic acid groups (broad SMARTS) is 1. The number of carboxylic acids is 1. The summed E-state index contributed by atoms with van der Waals surface area (Å²) in [6.07, 6.45) is 1.06. The number of carbonyl (C=O) groups is 1. The van der Waals surface area contributed by atoms with E-state index < -0.39 is 5.97 Å².